The Bertz CT molecular complexity index is 350. The van der Waals surface area contributed by atoms with Crippen LogP contribution in [0.15, 0.2) is 24.3 Å². The molecule has 0 radical (unpaired) electrons. The molecule has 3 heteroatoms. The SMILES string of the molecule is CCNC(CN(C)C)c1ccccc1OC(C)C. The maximum atomic E-state index is 5.90. The molecule has 18 heavy (non-hydrogen) atoms. The summed E-state index contributed by atoms with van der Waals surface area (Å²) in [4.78, 5) is 2.19. The second-order valence-electron chi connectivity index (χ2n) is 5.08. The number of rotatable bonds is 7. The fourth-order valence-corrected chi connectivity index (χ4v) is 2.01. The molecule has 1 aromatic carbocycles. The molecule has 3 nitrogen and oxygen atoms in total. The molecule has 1 unspecified atom stereocenters. The molecule has 0 aliphatic rings. The summed E-state index contributed by atoms with van der Waals surface area (Å²) in [6.07, 6.45) is 0.202. The summed E-state index contributed by atoms with van der Waals surface area (Å²) in [5.41, 5.74) is 1.24. The van der Waals surface area contributed by atoms with E-state index in [2.05, 4.69) is 63.3 Å². The van der Waals surface area contributed by atoms with E-state index in [0.29, 0.717) is 6.04 Å². The summed E-state index contributed by atoms with van der Waals surface area (Å²) >= 11 is 0. The van der Waals surface area contributed by atoms with Crippen LogP contribution in [0, 0.1) is 0 Å². The van der Waals surface area contributed by atoms with Gasteiger partial charge >= 0.3 is 0 Å². The lowest BCUT2D eigenvalue weighted by Crippen LogP contribution is -2.31. The third-order valence-electron chi connectivity index (χ3n) is 2.66. The van der Waals surface area contributed by atoms with Gasteiger partial charge in [0.05, 0.1) is 6.10 Å². The van der Waals surface area contributed by atoms with Gasteiger partial charge in [-0.1, -0.05) is 25.1 Å². The van der Waals surface area contributed by atoms with E-state index in [9.17, 15) is 0 Å². The third-order valence-corrected chi connectivity index (χ3v) is 2.66. The van der Waals surface area contributed by atoms with Gasteiger partial charge in [0.1, 0.15) is 5.75 Å². The summed E-state index contributed by atoms with van der Waals surface area (Å²) in [6.45, 7) is 8.17. The molecule has 0 aliphatic heterocycles. The zero-order valence-corrected chi connectivity index (χ0v) is 12.2. The third kappa shape index (κ3) is 4.67. The van der Waals surface area contributed by atoms with Crippen LogP contribution < -0.4 is 10.1 Å². The van der Waals surface area contributed by atoms with E-state index in [1.165, 1.54) is 5.56 Å². The molecule has 0 amide bonds. The monoisotopic (exact) mass is 250 g/mol. The van der Waals surface area contributed by atoms with Gasteiger partial charge in [0.2, 0.25) is 0 Å². The zero-order chi connectivity index (χ0) is 13.5. The second kappa shape index (κ2) is 7.39. The molecule has 1 aromatic rings. The van der Waals surface area contributed by atoms with Gasteiger partial charge in [-0.25, -0.2) is 0 Å². The fourth-order valence-electron chi connectivity index (χ4n) is 2.01. The molecule has 0 saturated heterocycles. The predicted octanol–water partition coefficient (Wildman–Crippen LogP) is 2.69. The van der Waals surface area contributed by atoms with Gasteiger partial charge in [0.15, 0.2) is 0 Å². The first kappa shape index (κ1) is 15.0. The van der Waals surface area contributed by atoms with Crippen LogP contribution in [0.5, 0.6) is 5.75 Å². The van der Waals surface area contributed by atoms with Crippen molar-refractivity contribution in [2.75, 3.05) is 27.2 Å². The van der Waals surface area contributed by atoms with E-state index in [0.717, 1.165) is 18.8 Å². The van der Waals surface area contributed by atoms with Crippen LogP contribution in [0.4, 0.5) is 0 Å². The molecule has 0 saturated carbocycles. The van der Waals surface area contributed by atoms with E-state index in [4.69, 9.17) is 4.74 Å². The number of benzene rings is 1. The highest BCUT2D eigenvalue weighted by Crippen LogP contribution is 2.26. The Hall–Kier alpha value is -1.06. The van der Waals surface area contributed by atoms with Crippen molar-refractivity contribution in [1.29, 1.82) is 0 Å². The Morgan fingerprint density at radius 3 is 2.44 bits per heavy atom. The lowest BCUT2D eigenvalue weighted by molar-refractivity contribution is 0.235. The van der Waals surface area contributed by atoms with E-state index in [1.54, 1.807) is 0 Å². The van der Waals surface area contributed by atoms with Crippen molar-refractivity contribution >= 4 is 0 Å². The van der Waals surface area contributed by atoms with Gasteiger partial charge in [-0.05, 0) is 40.6 Å². The van der Waals surface area contributed by atoms with Crippen LogP contribution in [0.1, 0.15) is 32.4 Å². The minimum absolute atomic E-state index is 0.202. The van der Waals surface area contributed by atoms with E-state index in [-0.39, 0.29) is 6.10 Å². The Labute approximate surface area is 111 Å². The van der Waals surface area contributed by atoms with Crippen molar-refractivity contribution in [2.45, 2.75) is 32.9 Å². The molecule has 0 aliphatic carbocycles. The van der Waals surface area contributed by atoms with E-state index in [1.807, 2.05) is 6.07 Å². The van der Waals surface area contributed by atoms with Crippen LogP contribution in [0.3, 0.4) is 0 Å². The van der Waals surface area contributed by atoms with Crippen molar-refractivity contribution in [2.24, 2.45) is 0 Å². The maximum absolute atomic E-state index is 5.90. The molecular weight excluding hydrogens is 224 g/mol. The van der Waals surface area contributed by atoms with Crippen LogP contribution >= 0.6 is 0 Å². The first-order chi connectivity index (χ1) is 8.54. The van der Waals surface area contributed by atoms with Crippen molar-refractivity contribution < 1.29 is 4.74 Å². The number of para-hydroxylation sites is 1. The second-order valence-corrected chi connectivity index (χ2v) is 5.08. The van der Waals surface area contributed by atoms with Crippen molar-refractivity contribution in [3.8, 4) is 5.75 Å². The first-order valence-electron chi connectivity index (χ1n) is 6.68. The summed E-state index contributed by atoms with van der Waals surface area (Å²) in [6, 6.07) is 8.60. The zero-order valence-electron chi connectivity index (χ0n) is 12.2. The average molecular weight is 250 g/mol. The number of hydrogen-bond acceptors (Lipinski definition) is 3. The molecule has 1 N–H and O–H groups in total. The molecule has 0 aromatic heterocycles. The summed E-state index contributed by atoms with van der Waals surface area (Å²) < 4.78 is 5.90. The molecule has 0 spiro atoms. The van der Waals surface area contributed by atoms with Crippen molar-refractivity contribution in [1.82, 2.24) is 10.2 Å². The molecule has 0 bridgehead atoms. The summed E-state index contributed by atoms with van der Waals surface area (Å²) in [5.74, 6) is 0.986. The number of hydrogen-bond donors (Lipinski definition) is 1. The Morgan fingerprint density at radius 2 is 1.89 bits per heavy atom. The predicted molar refractivity (Wildman–Crippen MR) is 77.2 cm³/mol. The molecule has 102 valence electrons. The largest absolute Gasteiger partial charge is 0.491 e. The minimum atomic E-state index is 0.202. The summed E-state index contributed by atoms with van der Waals surface area (Å²) in [5, 5.41) is 3.52. The Kier molecular flexibility index (Phi) is 6.16. The Morgan fingerprint density at radius 1 is 1.22 bits per heavy atom. The Balaban J connectivity index is 2.94. The van der Waals surface area contributed by atoms with Gasteiger partial charge in [0.25, 0.3) is 0 Å². The molecular formula is C15H26N2O. The lowest BCUT2D eigenvalue weighted by atomic mass is 10.1. The number of nitrogens with zero attached hydrogens (tertiary/aromatic N) is 1. The summed E-state index contributed by atoms with van der Waals surface area (Å²) in [7, 11) is 4.19. The lowest BCUT2D eigenvalue weighted by Gasteiger charge is -2.25. The molecule has 0 fully saturated rings. The molecule has 1 atom stereocenters. The van der Waals surface area contributed by atoms with Crippen LogP contribution in [0.25, 0.3) is 0 Å². The highest BCUT2D eigenvalue weighted by Gasteiger charge is 2.16. The highest BCUT2D eigenvalue weighted by atomic mass is 16.5. The van der Waals surface area contributed by atoms with Gasteiger partial charge in [-0.15, -0.1) is 0 Å². The topological polar surface area (TPSA) is 24.5 Å². The standard InChI is InChI=1S/C15H26N2O/c1-6-16-14(11-17(4)5)13-9-7-8-10-15(13)18-12(2)3/h7-10,12,14,16H,6,11H2,1-5H3. The van der Waals surface area contributed by atoms with Crippen molar-refractivity contribution in [3.05, 3.63) is 29.8 Å². The van der Waals surface area contributed by atoms with Gasteiger partial charge in [-0.3, -0.25) is 0 Å². The number of ether oxygens (including phenoxy) is 1. The van der Waals surface area contributed by atoms with Gasteiger partial charge in [0, 0.05) is 18.2 Å². The van der Waals surface area contributed by atoms with Crippen molar-refractivity contribution in [3.63, 3.8) is 0 Å². The van der Waals surface area contributed by atoms with Crippen LogP contribution in [-0.4, -0.2) is 38.2 Å². The average Bonchev–Trinajstić information content (AvgIpc) is 2.28. The maximum Gasteiger partial charge on any atom is 0.124 e. The normalized spacial score (nSPS) is 13.1. The first-order valence-corrected chi connectivity index (χ1v) is 6.68. The quantitative estimate of drug-likeness (QED) is 0.805. The number of nitrogens with one attached hydrogen (secondary N) is 1. The van der Waals surface area contributed by atoms with Gasteiger partial charge < -0.3 is 15.0 Å². The molecule has 1 rings (SSSR count). The van der Waals surface area contributed by atoms with E-state index >= 15 is 0 Å². The molecule has 0 heterocycles. The van der Waals surface area contributed by atoms with Gasteiger partial charge in [-0.2, -0.15) is 0 Å². The minimum Gasteiger partial charge on any atom is -0.491 e. The van der Waals surface area contributed by atoms with E-state index < -0.39 is 0 Å². The smallest absolute Gasteiger partial charge is 0.124 e. The highest BCUT2D eigenvalue weighted by molar-refractivity contribution is 5.36. The van der Waals surface area contributed by atoms with Crippen LogP contribution in [-0.2, 0) is 0 Å². The number of likely N-dealkylation sites (N-methyl/N-ethyl adjacent to an activating group) is 2. The van der Waals surface area contributed by atoms with Crippen LogP contribution in [0.2, 0.25) is 0 Å². The fraction of sp³-hybridized carbons (Fsp3) is 0.600.